The normalized spacial score (nSPS) is 15.4. The van der Waals surface area contributed by atoms with Crippen LogP contribution in [0.4, 0.5) is 0 Å². The molecule has 1 heterocycles. The Morgan fingerprint density at radius 3 is 2.35 bits per heavy atom. The van der Waals surface area contributed by atoms with Gasteiger partial charge in [0.1, 0.15) is 11.6 Å². The van der Waals surface area contributed by atoms with E-state index in [4.69, 9.17) is 21.3 Å². The van der Waals surface area contributed by atoms with Gasteiger partial charge in [-0.25, -0.2) is 0 Å². The zero-order valence-electron chi connectivity index (χ0n) is 13.8. The fraction of sp³-hybridized carbons (Fsp3) is 0.529. The molecule has 0 aromatic heterocycles. The summed E-state index contributed by atoms with van der Waals surface area (Å²) in [5.41, 5.74) is 6.14. The van der Waals surface area contributed by atoms with Gasteiger partial charge in [-0.15, -0.1) is 0 Å². The molecule has 1 saturated heterocycles. The zero-order valence-corrected chi connectivity index (χ0v) is 13.8. The monoisotopic (exact) mass is 317 g/mol. The number of nitrogens with one attached hydrogen (secondary N) is 2. The van der Waals surface area contributed by atoms with Gasteiger partial charge >= 0.3 is 0 Å². The summed E-state index contributed by atoms with van der Waals surface area (Å²) in [6.45, 7) is 7.71. The molecule has 0 atom stereocenters. The number of rotatable bonds is 7. The Morgan fingerprint density at radius 1 is 1.13 bits per heavy atom. The van der Waals surface area contributed by atoms with E-state index in [0.29, 0.717) is 12.2 Å². The standard InChI is InChI=1S/C17H27N5O/c1-2-16(18)22-11-9-21(10-12-22)8-3-13-23-15-6-4-14(5-7-15)17(19)20/h4-7,18H,2-3,8-13H2,1H3,(H3,19,20). The van der Waals surface area contributed by atoms with Crippen LogP contribution in [0, 0.1) is 10.8 Å². The molecule has 0 bridgehead atoms. The van der Waals surface area contributed by atoms with Crippen LogP contribution < -0.4 is 10.5 Å². The number of hydrogen-bond acceptors (Lipinski definition) is 4. The molecule has 0 aliphatic carbocycles. The van der Waals surface area contributed by atoms with Gasteiger partial charge in [0, 0.05) is 44.7 Å². The predicted octanol–water partition coefficient (Wildman–Crippen LogP) is 1.74. The van der Waals surface area contributed by atoms with E-state index in [-0.39, 0.29) is 5.84 Å². The molecule has 0 spiro atoms. The van der Waals surface area contributed by atoms with E-state index in [2.05, 4.69) is 9.80 Å². The quantitative estimate of drug-likeness (QED) is 0.406. The lowest BCUT2D eigenvalue weighted by molar-refractivity contribution is 0.168. The number of hydrogen-bond donors (Lipinski definition) is 3. The zero-order chi connectivity index (χ0) is 16.7. The maximum absolute atomic E-state index is 7.87. The maximum atomic E-state index is 7.87. The van der Waals surface area contributed by atoms with Crippen molar-refractivity contribution in [2.75, 3.05) is 39.3 Å². The highest BCUT2D eigenvalue weighted by Gasteiger charge is 2.17. The predicted molar refractivity (Wildman–Crippen MR) is 93.6 cm³/mol. The van der Waals surface area contributed by atoms with Gasteiger partial charge < -0.3 is 15.4 Å². The van der Waals surface area contributed by atoms with Gasteiger partial charge in [-0.2, -0.15) is 0 Å². The van der Waals surface area contributed by atoms with E-state index in [1.807, 2.05) is 19.1 Å². The van der Waals surface area contributed by atoms with Gasteiger partial charge in [0.05, 0.1) is 12.4 Å². The third-order valence-electron chi connectivity index (χ3n) is 4.14. The minimum Gasteiger partial charge on any atom is -0.494 e. The molecule has 23 heavy (non-hydrogen) atoms. The molecule has 1 aromatic rings. The van der Waals surface area contributed by atoms with Crippen LogP contribution >= 0.6 is 0 Å². The maximum Gasteiger partial charge on any atom is 0.122 e. The van der Waals surface area contributed by atoms with E-state index < -0.39 is 0 Å². The van der Waals surface area contributed by atoms with Gasteiger partial charge in [-0.1, -0.05) is 6.92 Å². The van der Waals surface area contributed by atoms with Crippen LogP contribution in [0.5, 0.6) is 5.75 Å². The average Bonchev–Trinajstić information content (AvgIpc) is 2.59. The molecule has 1 aliphatic heterocycles. The molecule has 0 radical (unpaired) electrons. The van der Waals surface area contributed by atoms with Gasteiger partial charge in [0.15, 0.2) is 0 Å². The minimum atomic E-state index is 0.0758. The number of nitrogen functional groups attached to an aromatic ring is 1. The van der Waals surface area contributed by atoms with Gasteiger partial charge in [-0.05, 0) is 30.7 Å². The largest absolute Gasteiger partial charge is 0.494 e. The molecule has 1 aliphatic rings. The number of nitrogens with zero attached hydrogens (tertiary/aromatic N) is 2. The fourth-order valence-electron chi connectivity index (χ4n) is 2.67. The highest BCUT2D eigenvalue weighted by molar-refractivity contribution is 5.94. The first-order valence-corrected chi connectivity index (χ1v) is 8.22. The summed E-state index contributed by atoms with van der Waals surface area (Å²) in [5, 5.41) is 15.2. The molecule has 0 unspecified atom stereocenters. The van der Waals surface area contributed by atoms with Crippen LogP contribution in [0.15, 0.2) is 24.3 Å². The Kier molecular flexibility index (Phi) is 6.40. The van der Waals surface area contributed by atoms with Gasteiger partial charge in [-0.3, -0.25) is 15.7 Å². The van der Waals surface area contributed by atoms with Crippen molar-refractivity contribution in [3.8, 4) is 5.75 Å². The third-order valence-corrected chi connectivity index (χ3v) is 4.14. The highest BCUT2D eigenvalue weighted by Crippen LogP contribution is 2.12. The van der Waals surface area contributed by atoms with Gasteiger partial charge in [0.2, 0.25) is 0 Å². The molecule has 4 N–H and O–H groups in total. The third kappa shape index (κ3) is 5.25. The van der Waals surface area contributed by atoms with Crippen molar-refractivity contribution >= 4 is 11.7 Å². The van der Waals surface area contributed by atoms with Crippen LogP contribution in [0.3, 0.4) is 0 Å². The van der Waals surface area contributed by atoms with E-state index in [1.165, 1.54) is 0 Å². The number of nitrogens with two attached hydrogens (primary N) is 1. The van der Waals surface area contributed by atoms with Crippen molar-refractivity contribution in [1.29, 1.82) is 10.8 Å². The topological polar surface area (TPSA) is 89.4 Å². The lowest BCUT2D eigenvalue weighted by atomic mass is 10.2. The SMILES string of the molecule is CCC(=N)N1CCN(CCCOc2ccc(C(=N)N)cc2)CC1. The Balaban J connectivity index is 1.62. The van der Waals surface area contributed by atoms with E-state index >= 15 is 0 Å². The van der Waals surface area contributed by atoms with Crippen LogP contribution in [0.2, 0.25) is 0 Å². The first kappa shape index (κ1) is 17.3. The lowest BCUT2D eigenvalue weighted by Crippen LogP contribution is -2.48. The van der Waals surface area contributed by atoms with Crippen LogP contribution in [-0.2, 0) is 0 Å². The van der Waals surface area contributed by atoms with Crippen LogP contribution in [0.1, 0.15) is 25.3 Å². The molecule has 6 nitrogen and oxygen atoms in total. The Labute approximate surface area is 138 Å². The summed E-state index contributed by atoms with van der Waals surface area (Å²) in [6, 6.07) is 7.32. The molecule has 1 aromatic carbocycles. The van der Waals surface area contributed by atoms with Crippen molar-refractivity contribution in [3.63, 3.8) is 0 Å². The molecule has 0 saturated carbocycles. The Bertz CT molecular complexity index is 520. The molecule has 1 fully saturated rings. The van der Waals surface area contributed by atoms with Crippen molar-refractivity contribution in [3.05, 3.63) is 29.8 Å². The molecule has 126 valence electrons. The first-order chi connectivity index (χ1) is 11.1. The number of piperazine rings is 1. The van der Waals surface area contributed by atoms with E-state index in [9.17, 15) is 0 Å². The van der Waals surface area contributed by atoms with Crippen molar-refractivity contribution in [2.45, 2.75) is 19.8 Å². The second-order valence-electron chi connectivity index (χ2n) is 5.77. The lowest BCUT2D eigenvalue weighted by Gasteiger charge is -2.35. The Morgan fingerprint density at radius 2 is 1.78 bits per heavy atom. The molecule has 6 heteroatoms. The molecule has 2 rings (SSSR count). The first-order valence-electron chi connectivity index (χ1n) is 8.22. The second kappa shape index (κ2) is 8.53. The van der Waals surface area contributed by atoms with E-state index in [0.717, 1.165) is 57.2 Å². The van der Waals surface area contributed by atoms with Crippen molar-refractivity contribution < 1.29 is 4.74 Å². The highest BCUT2D eigenvalue weighted by atomic mass is 16.5. The fourth-order valence-corrected chi connectivity index (χ4v) is 2.67. The summed E-state index contributed by atoms with van der Waals surface area (Å²) < 4.78 is 5.73. The Hall–Kier alpha value is -2.08. The molecule has 0 amide bonds. The van der Waals surface area contributed by atoms with Crippen LogP contribution in [-0.4, -0.2) is 60.8 Å². The van der Waals surface area contributed by atoms with E-state index in [1.54, 1.807) is 12.1 Å². The van der Waals surface area contributed by atoms with Crippen molar-refractivity contribution in [1.82, 2.24) is 9.80 Å². The average molecular weight is 317 g/mol. The van der Waals surface area contributed by atoms with Gasteiger partial charge in [0.25, 0.3) is 0 Å². The van der Waals surface area contributed by atoms with Crippen LogP contribution in [0.25, 0.3) is 0 Å². The summed E-state index contributed by atoms with van der Waals surface area (Å²) in [6.07, 6.45) is 1.80. The summed E-state index contributed by atoms with van der Waals surface area (Å²) in [4.78, 5) is 4.60. The number of amidine groups is 2. The molecular formula is C17H27N5O. The number of benzene rings is 1. The number of ether oxygens (including phenoxy) is 1. The summed E-state index contributed by atoms with van der Waals surface area (Å²) in [7, 11) is 0. The van der Waals surface area contributed by atoms with Crippen molar-refractivity contribution in [2.24, 2.45) is 5.73 Å². The smallest absolute Gasteiger partial charge is 0.122 e. The molecular weight excluding hydrogens is 290 g/mol. The summed E-state index contributed by atoms with van der Waals surface area (Å²) >= 11 is 0. The minimum absolute atomic E-state index is 0.0758. The summed E-state index contributed by atoms with van der Waals surface area (Å²) in [5.74, 6) is 1.64. The second-order valence-corrected chi connectivity index (χ2v) is 5.77.